The van der Waals surface area contributed by atoms with Crippen LogP contribution < -0.4 is 5.73 Å². The molecule has 0 amide bonds. The second-order valence-corrected chi connectivity index (χ2v) is 6.50. The Kier molecular flexibility index (Phi) is 12.5. The molecule has 20 heavy (non-hydrogen) atoms. The standard InChI is InChI=1S/C17H37NO2/c1-3-4-5-6-7-8-9-10-11-12-13-14-16(20)17(2,18)15-19/h16,19-20H,3-15,18H2,1-2H3/t16-,17-/m1/s1. The lowest BCUT2D eigenvalue weighted by atomic mass is 9.92. The molecule has 0 unspecified atom stereocenters. The Balaban J connectivity index is 3.25. The fourth-order valence-corrected chi connectivity index (χ4v) is 2.44. The zero-order valence-corrected chi connectivity index (χ0v) is 13.7. The summed E-state index contributed by atoms with van der Waals surface area (Å²) in [6.45, 7) is 3.80. The van der Waals surface area contributed by atoms with Gasteiger partial charge >= 0.3 is 0 Å². The maximum atomic E-state index is 9.84. The van der Waals surface area contributed by atoms with Gasteiger partial charge < -0.3 is 15.9 Å². The van der Waals surface area contributed by atoms with Crippen molar-refractivity contribution >= 4 is 0 Å². The summed E-state index contributed by atoms with van der Waals surface area (Å²) in [4.78, 5) is 0. The molecule has 0 saturated carbocycles. The van der Waals surface area contributed by atoms with Gasteiger partial charge in [-0.2, -0.15) is 0 Å². The lowest BCUT2D eigenvalue weighted by molar-refractivity contribution is 0.0458. The molecule has 2 atom stereocenters. The molecule has 0 saturated heterocycles. The molecule has 0 aliphatic heterocycles. The zero-order chi connectivity index (χ0) is 15.3. The van der Waals surface area contributed by atoms with Crippen LogP contribution in [0.3, 0.4) is 0 Å². The molecule has 0 radical (unpaired) electrons. The highest BCUT2D eigenvalue weighted by Gasteiger charge is 2.26. The van der Waals surface area contributed by atoms with Gasteiger partial charge in [-0.3, -0.25) is 0 Å². The topological polar surface area (TPSA) is 66.5 Å². The monoisotopic (exact) mass is 287 g/mol. The molecule has 0 heterocycles. The minimum absolute atomic E-state index is 0.161. The molecule has 0 bridgehead atoms. The average Bonchev–Trinajstić information content (AvgIpc) is 2.44. The fraction of sp³-hybridized carbons (Fsp3) is 1.00. The van der Waals surface area contributed by atoms with E-state index in [9.17, 15) is 5.11 Å². The molecule has 0 spiro atoms. The highest BCUT2D eigenvalue weighted by molar-refractivity contribution is 4.85. The van der Waals surface area contributed by atoms with E-state index in [1.165, 1.54) is 57.8 Å². The minimum atomic E-state index is -0.849. The molecule has 4 N–H and O–H groups in total. The van der Waals surface area contributed by atoms with Crippen LogP contribution in [0.1, 0.15) is 90.9 Å². The van der Waals surface area contributed by atoms with Gasteiger partial charge in [-0.25, -0.2) is 0 Å². The Morgan fingerprint density at radius 3 is 1.65 bits per heavy atom. The lowest BCUT2D eigenvalue weighted by Crippen LogP contribution is -2.51. The summed E-state index contributed by atoms with van der Waals surface area (Å²) < 4.78 is 0. The van der Waals surface area contributed by atoms with E-state index in [2.05, 4.69) is 6.92 Å². The number of unbranched alkanes of at least 4 members (excludes halogenated alkanes) is 10. The SMILES string of the molecule is CCCCCCCCCCCCC[C@@H](O)[C@](C)(N)CO. The quantitative estimate of drug-likeness (QED) is 0.426. The molecular weight excluding hydrogens is 250 g/mol. The van der Waals surface area contributed by atoms with Gasteiger partial charge in [0, 0.05) is 0 Å². The lowest BCUT2D eigenvalue weighted by Gasteiger charge is -2.28. The summed E-state index contributed by atoms with van der Waals surface area (Å²) in [6.07, 6.45) is 14.5. The van der Waals surface area contributed by atoms with E-state index < -0.39 is 11.6 Å². The van der Waals surface area contributed by atoms with Crippen LogP contribution in [0, 0.1) is 0 Å². The normalized spacial score (nSPS) is 16.1. The largest absolute Gasteiger partial charge is 0.394 e. The number of hydrogen-bond donors (Lipinski definition) is 3. The Hall–Kier alpha value is -0.120. The van der Waals surface area contributed by atoms with E-state index in [0.717, 1.165) is 12.8 Å². The highest BCUT2D eigenvalue weighted by atomic mass is 16.3. The molecule has 0 aliphatic rings. The van der Waals surface area contributed by atoms with Crippen molar-refractivity contribution in [1.29, 1.82) is 0 Å². The molecular formula is C17H37NO2. The Bertz CT molecular complexity index is 207. The van der Waals surface area contributed by atoms with Gasteiger partial charge in [0.25, 0.3) is 0 Å². The van der Waals surface area contributed by atoms with Gasteiger partial charge in [0.1, 0.15) is 0 Å². The van der Waals surface area contributed by atoms with E-state index in [1.54, 1.807) is 6.92 Å². The van der Waals surface area contributed by atoms with Crippen molar-refractivity contribution in [3.05, 3.63) is 0 Å². The van der Waals surface area contributed by atoms with Crippen LogP contribution >= 0.6 is 0 Å². The Labute approximate surface area is 126 Å². The molecule has 0 aromatic rings. The van der Waals surface area contributed by atoms with Crippen LogP contribution in [0.15, 0.2) is 0 Å². The van der Waals surface area contributed by atoms with Gasteiger partial charge in [-0.15, -0.1) is 0 Å². The number of aliphatic hydroxyl groups excluding tert-OH is 2. The molecule has 3 nitrogen and oxygen atoms in total. The fourth-order valence-electron chi connectivity index (χ4n) is 2.44. The first-order valence-electron chi connectivity index (χ1n) is 8.62. The van der Waals surface area contributed by atoms with Crippen molar-refractivity contribution < 1.29 is 10.2 Å². The Morgan fingerprint density at radius 2 is 1.25 bits per heavy atom. The van der Waals surface area contributed by atoms with E-state index in [-0.39, 0.29) is 6.61 Å². The Morgan fingerprint density at radius 1 is 0.850 bits per heavy atom. The van der Waals surface area contributed by atoms with Gasteiger partial charge in [-0.1, -0.05) is 77.6 Å². The second-order valence-electron chi connectivity index (χ2n) is 6.50. The van der Waals surface area contributed by atoms with Crippen molar-refractivity contribution in [1.82, 2.24) is 0 Å². The third-order valence-electron chi connectivity index (χ3n) is 4.18. The first kappa shape index (κ1) is 19.9. The number of hydrogen-bond acceptors (Lipinski definition) is 3. The summed E-state index contributed by atoms with van der Waals surface area (Å²) in [6, 6.07) is 0. The van der Waals surface area contributed by atoms with Crippen LogP contribution in [0.2, 0.25) is 0 Å². The van der Waals surface area contributed by atoms with Gasteiger partial charge in [0.2, 0.25) is 0 Å². The number of rotatable bonds is 14. The highest BCUT2D eigenvalue weighted by Crippen LogP contribution is 2.15. The van der Waals surface area contributed by atoms with Crippen molar-refractivity contribution in [2.24, 2.45) is 5.73 Å². The van der Waals surface area contributed by atoms with Gasteiger partial charge in [0.05, 0.1) is 18.2 Å². The molecule has 0 aliphatic carbocycles. The van der Waals surface area contributed by atoms with Crippen molar-refractivity contribution in [2.45, 2.75) is 103 Å². The summed E-state index contributed by atoms with van der Waals surface area (Å²) in [5.41, 5.74) is 4.94. The van der Waals surface area contributed by atoms with E-state index in [4.69, 9.17) is 10.8 Å². The van der Waals surface area contributed by atoms with Crippen molar-refractivity contribution in [3.8, 4) is 0 Å². The molecule has 0 aromatic carbocycles. The molecule has 0 fully saturated rings. The van der Waals surface area contributed by atoms with Crippen LogP contribution in [0.25, 0.3) is 0 Å². The zero-order valence-electron chi connectivity index (χ0n) is 13.7. The summed E-state index contributed by atoms with van der Waals surface area (Å²) in [5, 5.41) is 18.9. The van der Waals surface area contributed by atoms with Crippen LogP contribution in [-0.4, -0.2) is 28.5 Å². The summed E-state index contributed by atoms with van der Waals surface area (Å²) in [7, 11) is 0. The summed E-state index contributed by atoms with van der Waals surface area (Å²) >= 11 is 0. The first-order valence-corrected chi connectivity index (χ1v) is 8.62. The van der Waals surface area contributed by atoms with Crippen LogP contribution in [-0.2, 0) is 0 Å². The molecule has 122 valence electrons. The first-order chi connectivity index (χ1) is 9.54. The van der Waals surface area contributed by atoms with Gasteiger partial charge in [-0.05, 0) is 13.3 Å². The second kappa shape index (κ2) is 12.6. The third kappa shape index (κ3) is 10.6. The maximum absolute atomic E-state index is 9.84. The van der Waals surface area contributed by atoms with Crippen molar-refractivity contribution in [3.63, 3.8) is 0 Å². The molecule has 0 aromatic heterocycles. The number of aliphatic hydroxyl groups is 2. The van der Waals surface area contributed by atoms with E-state index in [1.807, 2.05) is 0 Å². The van der Waals surface area contributed by atoms with Crippen LogP contribution in [0.5, 0.6) is 0 Å². The smallest absolute Gasteiger partial charge is 0.0739 e. The number of nitrogens with two attached hydrogens (primary N) is 1. The van der Waals surface area contributed by atoms with Gasteiger partial charge in [0.15, 0.2) is 0 Å². The third-order valence-corrected chi connectivity index (χ3v) is 4.18. The minimum Gasteiger partial charge on any atom is -0.394 e. The predicted molar refractivity (Wildman–Crippen MR) is 86.8 cm³/mol. The summed E-state index contributed by atoms with van der Waals surface area (Å²) in [5.74, 6) is 0. The predicted octanol–water partition coefficient (Wildman–Crippen LogP) is 3.76. The molecule has 0 rings (SSSR count). The molecule has 3 heteroatoms. The average molecular weight is 287 g/mol. The van der Waals surface area contributed by atoms with E-state index in [0.29, 0.717) is 6.42 Å². The van der Waals surface area contributed by atoms with Crippen molar-refractivity contribution in [2.75, 3.05) is 6.61 Å². The maximum Gasteiger partial charge on any atom is 0.0739 e. The van der Waals surface area contributed by atoms with E-state index >= 15 is 0 Å². The van der Waals surface area contributed by atoms with Crippen LogP contribution in [0.4, 0.5) is 0 Å².